The zero-order chi connectivity index (χ0) is 13.2. The van der Waals surface area contributed by atoms with Gasteiger partial charge in [0.25, 0.3) is 0 Å². The van der Waals surface area contributed by atoms with Crippen molar-refractivity contribution in [3.05, 3.63) is 35.4 Å². The second-order valence-corrected chi connectivity index (χ2v) is 5.67. The van der Waals surface area contributed by atoms with Crippen molar-refractivity contribution in [3.8, 4) is 0 Å². The van der Waals surface area contributed by atoms with Crippen LogP contribution in [0.2, 0.25) is 0 Å². The molecular formula is C16H21NO2. The summed E-state index contributed by atoms with van der Waals surface area (Å²) in [6, 6.07) is 8.12. The molecule has 1 N–H and O–H groups in total. The molecule has 0 bridgehead atoms. The third-order valence-corrected chi connectivity index (χ3v) is 4.49. The van der Waals surface area contributed by atoms with E-state index in [1.54, 1.807) is 7.11 Å². The summed E-state index contributed by atoms with van der Waals surface area (Å²) in [5, 5.41) is 3.26. The van der Waals surface area contributed by atoms with Crippen molar-refractivity contribution in [3.63, 3.8) is 0 Å². The molecule has 2 fully saturated rings. The van der Waals surface area contributed by atoms with E-state index in [2.05, 4.69) is 17.4 Å². The van der Waals surface area contributed by atoms with Crippen LogP contribution in [-0.2, 0) is 4.74 Å². The summed E-state index contributed by atoms with van der Waals surface area (Å²) in [5.41, 5.74) is 2.18. The third-order valence-electron chi connectivity index (χ3n) is 4.49. The first-order valence-electron chi connectivity index (χ1n) is 7.18. The Morgan fingerprint density at radius 3 is 2.84 bits per heavy atom. The minimum Gasteiger partial charge on any atom is -0.380 e. The van der Waals surface area contributed by atoms with E-state index in [0.29, 0.717) is 5.92 Å². The predicted octanol–water partition coefficient (Wildman–Crippen LogP) is 2.51. The van der Waals surface area contributed by atoms with Gasteiger partial charge < -0.3 is 10.1 Å². The van der Waals surface area contributed by atoms with Gasteiger partial charge in [-0.15, -0.1) is 0 Å². The maximum atomic E-state index is 12.5. The van der Waals surface area contributed by atoms with E-state index in [4.69, 9.17) is 4.74 Å². The SMILES string of the molecule is COC1CNC(C(=O)c2cccc(C3CCC3)c2)C1. The Bertz CT molecular complexity index is 468. The minimum atomic E-state index is -0.0819. The van der Waals surface area contributed by atoms with Crippen molar-refractivity contribution in [2.45, 2.75) is 43.7 Å². The van der Waals surface area contributed by atoms with Gasteiger partial charge in [0.15, 0.2) is 5.78 Å². The highest BCUT2D eigenvalue weighted by molar-refractivity contribution is 6.00. The van der Waals surface area contributed by atoms with Crippen LogP contribution in [0.1, 0.15) is 47.5 Å². The van der Waals surface area contributed by atoms with E-state index >= 15 is 0 Å². The number of rotatable bonds is 4. The number of carbonyl (C=O) groups excluding carboxylic acids is 1. The Kier molecular flexibility index (Phi) is 3.67. The number of ether oxygens (including phenoxy) is 1. The molecule has 2 aliphatic rings. The number of benzene rings is 1. The number of hydrogen-bond acceptors (Lipinski definition) is 3. The molecule has 1 heterocycles. The molecular weight excluding hydrogens is 238 g/mol. The lowest BCUT2D eigenvalue weighted by atomic mass is 9.79. The zero-order valence-electron chi connectivity index (χ0n) is 11.4. The first-order valence-corrected chi connectivity index (χ1v) is 7.18. The molecule has 19 heavy (non-hydrogen) atoms. The van der Waals surface area contributed by atoms with Crippen LogP contribution < -0.4 is 5.32 Å². The largest absolute Gasteiger partial charge is 0.380 e. The van der Waals surface area contributed by atoms with E-state index in [1.807, 2.05) is 12.1 Å². The van der Waals surface area contributed by atoms with E-state index < -0.39 is 0 Å². The Morgan fingerprint density at radius 2 is 2.21 bits per heavy atom. The highest BCUT2D eigenvalue weighted by Gasteiger charge is 2.30. The van der Waals surface area contributed by atoms with E-state index in [0.717, 1.165) is 18.5 Å². The lowest BCUT2D eigenvalue weighted by Gasteiger charge is -2.26. The maximum Gasteiger partial charge on any atom is 0.179 e. The topological polar surface area (TPSA) is 38.3 Å². The number of hydrogen-bond donors (Lipinski definition) is 1. The molecule has 1 aromatic carbocycles. The van der Waals surface area contributed by atoms with Gasteiger partial charge in [-0.1, -0.05) is 24.6 Å². The van der Waals surface area contributed by atoms with Gasteiger partial charge in [-0.2, -0.15) is 0 Å². The first kappa shape index (κ1) is 12.8. The summed E-state index contributed by atoms with van der Waals surface area (Å²) in [6.45, 7) is 0.773. The van der Waals surface area contributed by atoms with Crippen LogP contribution in [-0.4, -0.2) is 31.6 Å². The standard InChI is InChI=1S/C16H21NO2/c1-19-14-9-15(17-10-14)16(18)13-7-3-6-12(8-13)11-4-2-5-11/h3,6-8,11,14-15,17H,2,4-5,9-10H2,1H3. The number of ketones is 1. The third kappa shape index (κ3) is 2.58. The molecule has 3 nitrogen and oxygen atoms in total. The van der Waals surface area contributed by atoms with Gasteiger partial charge in [-0.25, -0.2) is 0 Å². The summed E-state index contributed by atoms with van der Waals surface area (Å²) in [5.74, 6) is 0.886. The van der Waals surface area contributed by atoms with Gasteiger partial charge in [0.1, 0.15) is 0 Å². The summed E-state index contributed by atoms with van der Waals surface area (Å²) in [4.78, 5) is 12.5. The summed E-state index contributed by atoms with van der Waals surface area (Å²) >= 11 is 0. The Balaban J connectivity index is 1.72. The molecule has 1 saturated carbocycles. The molecule has 2 unspecified atom stereocenters. The molecule has 0 amide bonds. The van der Waals surface area contributed by atoms with Crippen molar-refractivity contribution >= 4 is 5.78 Å². The molecule has 2 atom stereocenters. The zero-order valence-corrected chi connectivity index (χ0v) is 11.4. The lowest BCUT2D eigenvalue weighted by Crippen LogP contribution is -2.30. The predicted molar refractivity (Wildman–Crippen MR) is 74.6 cm³/mol. The fraction of sp³-hybridized carbons (Fsp3) is 0.562. The molecule has 1 saturated heterocycles. The van der Waals surface area contributed by atoms with Gasteiger partial charge in [0.05, 0.1) is 12.1 Å². The second kappa shape index (κ2) is 5.43. The Labute approximate surface area is 114 Å². The van der Waals surface area contributed by atoms with Crippen molar-refractivity contribution in [2.75, 3.05) is 13.7 Å². The summed E-state index contributed by atoms with van der Waals surface area (Å²) in [6.07, 6.45) is 4.81. The van der Waals surface area contributed by atoms with Crippen molar-refractivity contribution < 1.29 is 9.53 Å². The Hall–Kier alpha value is -1.19. The van der Waals surface area contributed by atoms with Crippen molar-refractivity contribution in [1.82, 2.24) is 5.32 Å². The van der Waals surface area contributed by atoms with Crippen LogP contribution in [0.3, 0.4) is 0 Å². The van der Waals surface area contributed by atoms with Crippen LogP contribution in [0, 0.1) is 0 Å². The first-order chi connectivity index (χ1) is 9.28. The molecule has 3 rings (SSSR count). The number of Topliss-reactive ketones (excluding diaryl/α,β-unsaturated/α-hetero) is 1. The van der Waals surface area contributed by atoms with Gasteiger partial charge in [0.2, 0.25) is 0 Å². The maximum absolute atomic E-state index is 12.5. The number of nitrogens with one attached hydrogen (secondary N) is 1. The van der Waals surface area contributed by atoms with E-state index in [1.165, 1.54) is 24.8 Å². The van der Waals surface area contributed by atoms with Crippen LogP contribution in [0.25, 0.3) is 0 Å². The highest BCUT2D eigenvalue weighted by atomic mass is 16.5. The summed E-state index contributed by atoms with van der Waals surface area (Å²) in [7, 11) is 1.70. The fourth-order valence-corrected chi connectivity index (χ4v) is 2.97. The van der Waals surface area contributed by atoms with Gasteiger partial charge in [0, 0.05) is 19.2 Å². The quantitative estimate of drug-likeness (QED) is 0.844. The van der Waals surface area contributed by atoms with Crippen molar-refractivity contribution in [1.29, 1.82) is 0 Å². The molecule has 0 radical (unpaired) electrons. The van der Waals surface area contributed by atoms with Crippen LogP contribution in [0.15, 0.2) is 24.3 Å². The monoisotopic (exact) mass is 259 g/mol. The number of carbonyl (C=O) groups is 1. The highest BCUT2D eigenvalue weighted by Crippen LogP contribution is 2.36. The van der Waals surface area contributed by atoms with Gasteiger partial charge in [-0.3, -0.25) is 4.79 Å². The van der Waals surface area contributed by atoms with Crippen LogP contribution >= 0.6 is 0 Å². The van der Waals surface area contributed by atoms with Gasteiger partial charge in [-0.05, 0) is 36.8 Å². The Morgan fingerprint density at radius 1 is 1.37 bits per heavy atom. The fourth-order valence-electron chi connectivity index (χ4n) is 2.97. The molecule has 1 aliphatic carbocycles. The molecule has 0 aromatic heterocycles. The van der Waals surface area contributed by atoms with Crippen molar-refractivity contribution in [2.24, 2.45) is 0 Å². The van der Waals surface area contributed by atoms with E-state index in [-0.39, 0.29) is 17.9 Å². The molecule has 3 heteroatoms. The second-order valence-electron chi connectivity index (χ2n) is 5.67. The molecule has 102 valence electrons. The average molecular weight is 259 g/mol. The summed E-state index contributed by atoms with van der Waals surface area (Å²) < 4.78 is 5.30. The lowest BCUT2D eigenvalue weighted by molar-refractivity contribution is 0.0918. The smallest absolute Gasteiger partial charge is 0.179 e. The molecule has 1 aromatic rings. The van der Waals surface area contributed by atoms with Gasteiger partial charge >= 0.3 is 0 Å². The van der Waals surface area contributed by atoms with Crippen LogP contribution in [0.4, 0.5) is 0 Å². The van der Waals surface area contributed by atoms with E-state index in [9.17, 15) is 4.79 Å². The average Bonchev–Trinajstić information content (AvgIpc) is 2.85. The number of methoxy groups -OCH3 is 1. The normalized spacial score (nSPS) is 27.2. The minimum absolute atomic E-state index is 0.0819. The molecule has 1 aliphatic heterocycles. The molecule has 0 spiro atoms. The van der Waals surface area contributed by atoms with Crippen LogP contribution in [0.5, 0.6) is 0 Å².